The fourth-order valence-electron chi connectivity index (χ4n) is 1.54. The molecular weight excluding hydrogens is 254 g/mol. The van der Waals surface area contributed by atoms with Crippen molar-refractivity contribution < 1.29 is 4.52 Å². The summed E-state index contributed by atoms with van der Waals surface area (Å²) in [7, 11) is 0. The SMILES string of the molecule is Clc1ccc(Sc2ccc3conc3c2)cc1. The van der Waals surface area contributed by atoms with Gasteiger partial charge in [-0.05, 0) is 42.5 Å². The van der Waals surface area contributed by atoms with E-state index in [0.717, 1.165) is 25.7 Å². The van der Waals surface area contributed by atoms with E-state index in [1.807, 2.05) is 36.4 Å². The van der Waals surface area contributed by atoms with Gasteiger partial charge in [0.15, 0.2) is 0 Å². The van der Waals surface area contributed by atoms with E-state index in [1.54, 1.807) is 18.0 Å². The topological polar surface area (TPSA) is 26.0 Å². The molecule has 0 unspecified atom stereocenters. The van der Waals surface area contributed by atoms with Gasteiger partial charge in [-0.2, -0.15) is 0 Å². The monoisotopic (exact) mass is 261 g/mol. The van der Waals surface area contributed by atoms with Gasteiger partial charge in [0, 0.05) is 20.2 Å². The Hall–Kier alpha value is -1.45. The Morgan fingerprint density at radius 1 is 1.00 bits per heavy atom. The van der Waals surface area contributed by atoms with Crippen molar-refractivity contribution in [2.75, 3.05) is 0 Å². The zero-order chi connectivity index (χ0) is 11.7. The summed E-state index contributed by atoms with van der Waals surface area (Å²) in [6, 6.07) is 13.8. The fraction of sp³-hybridized carbons (Fsp3) is 0. The molecule has 0 aliphatic heterocycles. The van der Waals surface area contributed by atoms with E-state index < -0.39 is 0 Å². The normalized spacial score (nSPS) is 10.9. The summed E-state index contributed by atoms with van der Waals surface area (Å²) in [5.41, 5.74) is 0.879. The smallest absolute Gasteiger partial charge is 0.131 e. The van der Waals surface area contributed by atoms with E-state index in [0.29, 0.717) is 0 Å². The first-order valence-electron chi connectivity index (χ1n) is 5.09. The van der Waals surface area contributed by atoms with Crippen LogP contribution in [0.4, 0.5) is 0 Å². The van der Waals surface area contributed by atoms with Gasteiger partial charge < -0.3 is 4.52 Å². The molecule has 0 N–H and O–H groups in total. The largest absolute Gasteiger partial charge is 0.364 e. The van der Waals surface area contributed by atoms with Crippen LogP contribution in [0.15, 0.2) is 63.0 Å². The average Bonchev–Trinajstić information content (AvgIpc) is 2.79. The maximum atomic E-state index is 5.85. The van der Waals surface area contributed by atoms with Gasteiger partial charge in [0.2, 0.25) is 0 Å². The van der Waals surface area contributed by atoms with Gasteiger partial charge in [-0.25, -0.2) is 0 Å². The van der Waals surface area contributed by atoms with Crippen molar-refractivity contribution in [1.82, 2.24) is 5.16 Å². The van der Waals surface area contributed by atoms with Gasteiger partial charge in [0.05, 0.1) is 0 Å². The molecule has 4 heteroatoms. The molecule has 0 atom stereocenters. The van der Waals surface area contributed by atoms with Crippen molar-refractivity contribution >= 4 is 34.3 Å². The first-order valence-corrected chi connectivity index (χ1v) is 6.28. The minimum atomic E-state index is 0.751. The summed E-state index contributed by atoms with van der Waals surface area (Å²) in [4.78, 5) is 2.28. The van der Waals surface area contributed by atoms with Crippen LogP contribution in [0.1, 0.15) is 0 Å². The lowest BCUT2D eigenvalue weighted by molar-refractivity contribution is 0.428. The zero-order valence-corrected chi connectivity index (χ0v) is 10.3. The summed E-state index contributed by atoms with van der Waals surface area (Å²) in [5.74, 6) is 0. The third-order valence-electron chi connectivity index (χ3n) is 2.38. The quantitative estimate of drug-likeness (QED) is 0.673. The first-order chi connectivity index (χ1) is 8.31. The molecule has 84 valence electrons. The van der Waals surface area contributed by atoms with Gasteiger partial charge in [0.1, 0.15) is 11.8 Å². The molecule has 0 radical (unpaired) electrons. The minimum Gasteiger partial charge on any atom is -0.364 e. The van der Waals surface area contributed by atoms with E-state index >= 15 is 0 Å². The van der Waals surface area contributed by atoms with Crippen LogP contribution in [0, 0.1) is 0 Å². The second-order valence-electron chi connectivity index (χ2n) is 3.59. The van der Waals surface area contributed by atoms with Crippen LogP contribution in [-0.2, 0) is 0 Å². The van der Waals surface area contributed by atoms with Crippen molar-refractivity contribution in [2.45, 2.75) is 9.79 Å². The van der Waals surface area contributed by atoms with Gasteiger partial charge in [-0.15, -0.1) is 0 Å². The standard InChI is InChI=1S/C13H8ClNOS/c14-10-2-5-11(6-3-10)17-12-4-1-9-8-16-15-13(9)7-12/h1-8H. The van der Waals surface area contributed by atoms with Crippen molar-refractivity contribution in [1.29, 1.82) is 0 Å². The summed E-state index contributed by atoms with van der Waals surface area (Å²) in [5, 5.41) is 5.70. The Bertz CT molecular complexity index is 648. The van der Waals surface area contributed by atoms with Crippen LogP contribution in [0.3, 0.4) is 0 Å². The Balaban J connectivity index is 1.91. The maximum Gasteiger partial charge on any atom is 0.131 e. The number of nitrogens with zero attached hydrogens (tertiary/aromatic N) is 1. The van der Waals surface area contributed by atoms with Crippen LogP contribution in [0.5, 0.6) is 0 Å². The highest BCUT2D eigenvalue weighted by atomic mass is 35.5. The third kappa shape index (κ3) is 2.30. The molecule has 0 fully saturated rings. The molecule has 3 aromatic rings. The van der Waals surface area contributed by atoms with Crippen molar-refractivity contribution in [3.63, 3.8) is 0 Å². The molecule has 1 aromatic heterocycles. The molecule has 0 aliphatic rings. The lowest BCUT2D eigenvalue weighted by Crippen LogP contribution is -1.74. The highest BCUT2D eigenvalue weighted by Gasteiger charge is 2.02. The second kappa shape index (κ2) is 4.43. The predicted molar refractivity (Wildman–Crippen MR) is 69.6 cm³/mol. The van der Waals surface area contributed by atoms with E-state index in [-0.39, 0.29) is 0 Å². The van der Waals surface area contributed by atoms with Gasteiger partial charge in [-0.3, -0.25) is 0 Å². The third-order valence-corrected chi connectivity index (χ3v) is 3.63. The molecule has 0 saturated carbocycles. The van der Waals surface area contributed by atoms with E-state index in [1.165, 1.54) is 0 Å². The molecule has 1 heterocycles. The van der Waals surface area contributed by atoms with Crippen LogP contribution < -0.4 is 0 Å². The summed E-state index contributed by atoms with van der Waals surface area (Å²) in [6.07, 6.45) is 1.64. The molecule has 2 nitrogen and oxygen atoms in total. The first kappa shape index (κ1) is 10.7. The maximum absolute atomic E-state index is 5.85. The zero-order valence-electron chi connectivity index (χ0n) is 8.76. The van der Waals surface area contributed by atoms with Gasteiger partial charge >= 0.3 is 0 Å². The Labute approximate surface area is 108 Å². The molecular formula is C13H8ClNOS. The number of aromatic nitrogens is 1. The second-order valence-corrected chi connectivity index (χ2v) is 5.17. The highest BCUT2D eigenvalue weighted by molar-refractivity contribution is 7.99. The molecule has 0 spiro atoms. The number of fused-ring (bicyclic) bond motifs is 1. The van der Waals surface area contributed by atoms with E-state index in [4.69, 9.17) is 16.1 Å². The Kier molecular flexibility index (Phi) is 2.79. The molecule has 0 aliphatic carbocycles. The minimum absolute atomic E-state index is 0.751. The van der Waals surface area contributed by atoms with Crippen LogP contribution in [0.2, 0.25) is 5.02 Å². The fourth-order valence-corrected chi connectivity index (χ4v) is 2.52. The molecule has 0 amide bonds. The number of hydrogen-bond acceptors (Lipinski definition) is 3. The Morgan fingerprint density at radius 3 is 2.59 bits per heavy atom. The molecule has 3 rings (SSSR count). The molecule has 17 heavy (non-hydrogen) atoms. The number of benzene rings is 2. The van der Waals surface area contributed by atoms with Crippen molar-refractivity contribution in [3.8, 4) is 0 Å². The Morgan fingerprint density at radius 2 is 1.76 bits per heavy atom. The van der Waals surface area contributed by atoms with Crippen LogP contribution in [0.25, 0.3) is 10.9 Å². The summed E-state index contributed by atoms with van der Waals surface area (Å²) in [6.45, 7) is 0. The summed E-state index contributed by atoms with van der Waals surface area (Å²) >= 11 is 7.52. The highest BCUT2D eigenvalue weighted by Crippen LogP contribution is 2.30. The molecule has 2 aromatic carbocycles. The van der Waals surface area contributed by atoms with Crippen molar-refractivity contribution in [2.24, 2.45) is 0 Å². The average molecular weight is 262 g/mol. The van der Waals surface area contributed by atoms with Crippen LogP contribution in [-0.4, -0.2) is 5.16 Å². The number of halogens is 1. The molecule has 0 saturated heterocycles. The number of hydrogen-bond donors (Lipinski definition) is 0. The predicted octanol–water partition coefficient (Wildman–Crippen LogP) is 4.63. The van der Waals surface area contributed by atoms with E-state index in [2.05, 4.69) is 11.2 Å². The number of rotatable bonds is 2. The lowest BCUT2D eigenvalue weighted by atomic mass is 10.3. The van der Waals surface area contributed by atoms with Gasteiger partial charge in [0.25, 0.3) is 0 Å². The molecule has 0 bridgehead atoms. The van der Waals surface area contributed by atoms with Gasteiger partial charge in [-0.1, -0.05) is 28.5 Å². The van der Waals surface area contributed by atoms with Crippen molar-refractivity contribution in [3.05, 3.63) is 53.8 Å². The lowest BCUT2D eigenvalue weighted by Gasteiger charge is -2.01. The van der Waals surface area contributed by atoms with E-state index in [9.17, 15) is 0 Å². The summed E-state index contributed by atoms with van der Waals surface area (Å²) < 4.78 is 4.91. The van der Waals surface area contributed by atoms with Crippen LogP contribution >= 0.6 is 23.4 Å².